The molecule has 2 aromatic carbocycles. The number of anilines is 1. The highest BCUT2D eigenvalue weighted by molar-refractivity contribution is 8.00. The smallest absolute Gasteiger partial charge is 0.277 e. The summed E-state index contributed by atoms with van der Waals surface area (Å²) in [6.07, 6.45) is 0. The summed E-state index contributed by atoms with van der Waals surface area (Å²) in [5.41, 5.74) is 1.25. The molecule has 0 fully saturated rings. The van der Waals surface area contributed by atoms with Gasteiger partial charge in [0.2, 0.25) is 11.8 Å². The third kappa shape index (κ3) is 4.40. The number of rotatable bonds is 6. The lowest BCUT2D eigenvalue weighted by Gasteiger charge is -2.10. The minimum atomic E-state index is -0.456. The molecule has 8 heteroatoms. The molecule has 1 atom stereocenters. The molecule has 0 bridgehead atoms. The van der Waals surface area contributed by atoms with Crippen molar-refractivity contribution in [1.82, 2.24) is 10.2 Å². The average molecular weight is 373 g/mol. The van der Waals surface area contributed by atoms with Crippen molar-refractivity contribution in [2.24, 2.45) is 0 Å². The van der Waals surface area contributed by atoms with E-state index in [4.69, 9.17) is 9.15 Å². The molecule has 0 unspecified atom stereocenters. The summed E-state index contributed by atoms with van der Waals surface area (Å²) < 4.78 is 23.6. The lowest BCUT2D eigenvalue weighted by molar-refractivity contribution is -0.115. The fourth-order valence-corrected chi connectivity index (χ4v) is 2.80. The molecule has 1 N–H and O–H groups in total. The Morgan fingerprint density at radius 1 is 1.23 bits per heavy atom. The van der Waals surface area contributed by atoms with Crippen molar-refractivity contribution in [2.75, 3.05) is 12.4 Å². The quantitative estimate of drug-likeness (QED) is 0.658. The van der Waals surface area contributed by atoms with Gasteiger partial charge in [0, 0.05) is 17.3 Å². The van der Waals surface area contributed by atoms with Crippen molar-refractivity contribution in [3.05, 3.63) is 54.3 Å². The van der Waals surface area contributed by atoms with Crippen LogP contribution in [0.3, 0.4) is 0 Å². The predicted molar refractivity (Wildman–Crippen MR) is 96.6 cm³/mol. The number of nitrogens with one attached hydrogen (secondary N) is 1. The highest BCUT2D eigenvalue weighted by Gasteiger charge is 2.19. The number of nitrogens with zero attached hydrogens (tertiary/aromatic N) is 2. The number of carbonyl (C=O) groups is 1. The van der Waals surface area contributed by atoms with Crippen LogP contribution in [0.15, 0.2) is 58.2 Å². The second-order valence-electron chi connectivity index (χ2n) is 5.36. The van der Waals surface area contributed by atoms with Crippen molar-refractivity contribution in [3.8, 4) is 17.2 Å². The third-order valence-corrected chi connectivity index (χ3v) is 4.42. The zero-order chi connectivity index (χ0) is 18.5. The molecule has 1 amide bonds. The second kappa shape index (κ2) is 8.01. The molecule has 3 rings (SSSR count). The van der Waals surface area contributed by atoms with Crippen molar-refractivity contribution in [2.45, 2.75) is 17.4 Å². The molecule has 0 aliphatic carbocycles. The summed E-state index contributed by atoms with van der Waals surface area (Å²) in [7, 11) is 1.56. The van der Waals surface area contributed by atoms with E-state index in [0.717, 1.165) is 11.8 Å². The first kappa shape index (κ1) is 17.9. The number of hydrogen-bond donors (Lipinski definition) is 1. The predicted octanol–water partition coefficient (Wildman–Crippen LogP) is 4.00. The van der Waals surface area contributed by atoms with Crippen molar-refractivity contribution in [1.29, 1.82) is 0 Å². The molecule has 3 aromatic rings. The molecule has 0 saturated carbocycles. The van der Waals surface area contributed by atoms with Crippen LogP contribution in [0.1, 0.15) is 6.92 Å². The molecule has 1 aromatic heterocycles. The maximum Gasteiger partial charge on any atom is 0.277 e. The number of aromatic nitrogens is 2. The highest BCUT2D eigenvalue weighted by Crippen LogP contribution is 2.27. The largest absolute Gasteiger partial charge is 0.497 e. The van der Waals surface area contributed by atoms with Crippen LogP contribution in [-0.2, 0) is 4.79 Å². The van der Waals surface area contributed by atoms with Gasteiger partial charge in [0.25, 0.3) is 5.22 Å². The maximum atomic E-state index is 13.0. The number of halogens is 1. The van der Waals surface area contributed by atoms with Crippen LogP contribution in [0, 0.1) is 5.82 Å². The van der Waals surface area contributed by atoms with Gasteiger partial charge in [-0.15, -0.1) is 10.2 Å². The van der Waals surface area contributed by atoms with Gasteiger partial charge < -0.3 is 14.5 Å². The number of amides is 1. The number of methoxy groups -OCH3 is 1. The normalized spacial score (nSPS) is 11.8. The molecular weight excluding hydrogens is 357 g/mol. The maximum absolute atomic E-state index is 13.0. The Bertz CT molecular complexity index is 899. The van der Waals surface area contributed by atoms with E-state index in [1.165, 1.54) is 12.1 Å². The lowest BCUT2D eigenvalue weighted by Crippen LogP contribution is -2.22. The molecule has 0 aliphatic heterocycles. The van der Waals surface area contributed by atoms with Crippen LogP contribution in [0.2, 0.25) is 0 Å². The van der Waals surface area contributed by atoms with Gasteiger partial charge in [0.15, 0.2) is 0 Å². The van der Waals surface area contributed by atoms with E-state index >= 15 is 0 Å². The summed E-state index contributed by atoms with van der Waals surface area (Å²) in [6, 6.07) is 12.8. The number of ether oxygens (including phenoxy) is 1. The Kier molecular flexibility index (Phi) is 5.52. The Morgan fingerprint density at radius 2 is 2.00 bits per heavy atom. The van der Waals surface area contributed by atoms with Crippen LogP contribution in [0.4, 0.5) is 10.1 Å². The van der Waals surface area contributed by atoms with Crippen LogP contribution in [0.5, 0.6) is 5.75 Å². The van der Waals surface area contributed by atoms with Crippen LogP contribution < -0.4 is 10.1 Å². The zero-order valence-corrected chi connectivity index (χ0v) is 14.9. The minimum absolute atomic E-state index is 0.204. The fourth-order valence-electron chi connectivity index (χ4n) is 2.12. The second-order valence-corrected chi connectivity index (χ2v) is 6.65. The van der Waals surface area contributed by atoms with E-state index in [0.29, 0.717) is 17.0 Å². The van der Waals surface area contributed by atoms with Gasteiger partial charge in [-0.05, 0) is 43.3 Å². The lowest BCUT2D eigenvalue weighted by atomic mass is 10.2. The fraction of sp³-hybridized carbons (Fsp3) is 0.167. The van der Waals surface area contributed by atoms with Gasteiger partial charge in [0.1, 0.15) is 11.6 Å². The van der Waals surface area contributed by atoms with Crippen molar-refractivity contribution in [3.63, 3.8) is 0 Å². The first-order chi connectivity index (χ1) is 12.5. The average Bonchev–Trinajstić information content (AvgIpc) is 3.11. The monoisotopic (exact) mass is 373 g/mol. The molecule has 0 aliphatic rings. The molecule has 1 heterocycles. The molecule has 0 saturated heterocycles. The molecule has 0 radical (unpaired) electrons. The molecule has 134 valence electrons. The number of carbonyl (C=O) groups excluding carboxylic acids is 1. The van der Waals surface area contributed by atoms with Gasteiger partial charge in [-0.25, -0.2) is 4.39 Å². The summed E-state index contributed by atoms with van der Waals surface area (Å²) in [6.45, 7) is 1.74. The molecule has 6 nitrogen and oxygen atoms in total. The SMILES string of the molecule is COc1cccc(NC(=O)[C@H](C)Sc2nnc(-c3ccc(F)cc3)o2)c1. The van der Waals surface area contributed by atoms with E-state index in [2.05, 4.69) is 15.5 Å². The van der Waals surface area contributed by atoms with E-state index in [-0.39, 0.29) is 22.8 Å². The molecular formula is C18H16FN3O3S. The Labute approximate surface area is 153 Å². The summed E-state index contributed by atoms with van der Waals surface area (Å²) in [5.74, 6) is 0.382. The van der Waals surface area contributed by atoms with Gasteiger partial charge >= 0.3 is 0 Å². The Morgan fingerprint density at radius 3 is 2.73 bits per heavy atom. The number of benzene rings is 2. The number of thioether (sulfide) groups is 1. The zero-order valence-electron chi connectivity index (χ0n) is 14.1. The Hall–Kier alpha value is -2.87. The minimum Gasteiger partial charge on any atom is -0.497 e. The molecule has 0 spiro atoms. The van der Waals surface area contributed by atoms with E-state index in [1.807, 2.05) is 0 Å². The summed E-state index contributed by atoms with van der Waals surface area (Å²) in [5, 5.41) is 10.5. The highest BCUT2D eigenvalue weighted by atomic mass is 32.2. The van der Waals surface area contributed by atoms with Crippen LogP contribution >= 0.6 is 11.8 Å². The number of hydrogen-bond acceptors (Lipinski definition) is 6. The third-order valence-electron chi connectivity index (χ3n) is 3.48. The van der Waals surface area contributed by atoms with Gasteiger partial charge in [-0.1, -0.05) is 17.8 Å². The van der Waals surface area contributed by atoms with Gasteiger partial charge in [-0.2, -0.15) is 0 Å². The van der Waals surface area contributed by atoms with E-state index < -0.39 is 5.25 Å². The topological polar surface area (TPSA) is 77.2 Å². The van der Waals surface area contributed by atoms with Gasteiger partial charge in [-0.3, -0.25) is 4.79 Å². The van der Waals surface area contributed by atoms with Crippen molar-refractivity contribution < 1.29 is 18.3 Å². The van der Waals surface area contributed by atoms with Gasteiger partial charge in [0.05, 0.1) is 12.4 Å². The first-order valence-corrected chi connectivity index (χ1v) is 8.64. The van der Waals surface area contributed by atoms with Crippen molar-refractivity contribution >= 4 is 23.4 Å². The summed E-state index contributed by atoms with van der Waals surface area (Å²) in [4.78, 5) is 12.3. The van der Waals surface area contributed by atoms with E-state index in [9.17, 15) is 9.18 Å². The van der Waals surface area contributed by atoms with Crippen LogP contribution in [0.25, 0.3) is 11.5 Å². The Balaban J connectivity index is 1.63. The van der Waals surface area contributed by atoms with Crippen LogP contribution in [-0.4, -0.2) is 28.5 Å². The van der Waals surface area contributed by atoms with E-state index in [1.54, 1.807) is 50.4 Å². The first-order valence-electron chi connectivity index (χ1n) is 7.76. The molecule has 26 heavy (non-hydrogen) atoms. The standard InChI is InChI=1S/C18H16FN3O3S/c1-11(16(23)20-14-4-3-5-15(10-14)24-2)26-18-22-21-17(25-18)12-6-8-13(19)9-7-12/h3-11H,1-2H3,(H,20,23)/t11-/m0/s1. The summed E-state index contributed by atoms with van der Waals surface area (Å²) >= 11 is 1.14.